The number of likely N-dealkylation sites (N-methyl/N-ethyl adjacent to an activating group) is 1. The SMILES string of the molecule is CN(C)c1c(CC(=O)N(C)c2ccccc2)c(=O)n(C)c2cccc(Cl)c12. The third-order valence-corrected chi connectivity index (χ3v) is 5.05. The molecule has 0 fully saturated rings. The van der Waals surface area contributed by atoms with Gasteiger partial charge in [-0.3, -0.25) is 9.59 Å². The first kappa shape index (κ1) is 19.0. The van der Waals surface area contributed by atoms with Crippen LogP contribution in [0.1, 0.15) is 5.56 Å². The van der Waals surface area contributed by atoms with Gasteiger partial charge in [-0.1, -0.05) is 35.9 Å². The summed E-state index contributed by atoms with van der Waals surface area (Å²) in [5.74, 6) is -0.159. The number of pyridine rings is 1. The molecule has 3 aromatic rings. The van der Waals surface area contributed by atoms with Crippen molar-refractivity contribution in [3.8, 4) is 0 Å². The number of anilines is 2. The molecule has 0 saturated carbocycles. The van der Waals surface area contributed by atoms with E-state index < -0.39 is 0 Å². The molecule has 1 aromatic heterocycles. The second-order valence-corrected chi connectivity index (χ2v) is 7.09. The minimum Gasteiger partial charge on any atom is -0.377 e. The fraction of sp³-hybridized carbons (Fsp3) is 0.238. The maximum Gasteiger partial charge on any atom is 0.256 e. The van der Waals surface area contributed by atoms with Crippen LogP contribution in [0.5, 0.6) is 0 Å². The number of benzene rings is 2. The highest BCUT2D eigenvalue weighted by Gasteiger charge is 2.22. The van der Waals surface area contributed by atoms with Crippen molar-refractivity contribution in [3.63, 3.8) is 0 Å². The second kappa shape index (κ2) is 7.45. The predicted molar refractivity (Wildman–Crippen MR) is 112 cm³/mol. The van der Waals surface area contributed by atoms with Gasteiger partial charge in [-0.2, -0.15) is 0 Å². The number of aryl methyl sites for hydroxylation is 1. The van der Waals surface area contributed by atoms with Gasteiger partial charge in [-0.25, -0.2) is 0 Å². The van der Waals surface area contributed by atoms with Crippen LogP contribution in [-0.2, 0) is 18.3 Å². The summed E-state index contributed by atoms with van der Waals surface area (Å²) in [7, 11) is 7.12. The van der Waals surface area contributed by atoms with Crippen molar-refractivity contribution in [1.29, 1.82) is 0 Å². The van der Waals surface area contributed by atoms with E-state index in [0.717, 1.165) is 16.6 Å². The number of hydrogen-bond donors (Lipinski definition) is 0. The molecule has 0 radical (unpaired) electrons. The highest BCUT2D eigenvalue weighted by molar-refractivity contribution is 6.36. The van der Waals surface area contributed by atoms with Crippen LogP contribution in [0.3, 0.4) is 0 Å². The molecule has 5 nitrogen and oxygen atoms in total. The summed E-state index contributed by atoms with van der Waals surface area (Å²) in [6.07, 6.45) is -0.00720. The van der Waals surface area contributed by atoms with Crippen molar-refractivity contribution < 1.29 is 4.79 Å². The van der Waals surface area contributed by atoms with Crippen molar-refractivity contribution in [2.45, 2.75) is 6.42 Å². The van der Waals surface area contributed by atoms with Gasteiger partial charge in [-0.15, -0.1) is 0 Å². The molecule has 0 spiro atoms. The smallest absolute Gasteiger partial charge is 0.256 e. The summed E-state index contributed by atoms with van der Waals surface area (Å²) in [6.45, 7) is 0. The van der Waals surface area contributed by atoms with Crippen molar-refractivity contribution in [2.75, 3.05) is 30.9 Å². The van der Waals surface area contributed by atoms with Gasteiger partial charge >= 0.3 is 0 Å². The average Bonchev–Trinajstić information content (AvgIpc) is 2.66. The van der Waals surface area contributed by atoms with Crippen LogP contribution in [0, 0.1) is 0 Å². The maximum atomic E-state index is 13.0. The van der Waals surface area contributed by atoms with Gasteiger partial charge in [0.05, 0.1) is 28.2 Å². The predicted octanol–water partition coefficient (Wildman–Crippen LogP) is 3.46. The maximum absolute atomic E-state index is 13.0. The zero-order valence-electron chi connectivity index (χ0n) is 15.9. The number of aromatic nitrogens is 1. The molecule has 0 aliphatic rings. The molecule has 0 N–H and O–H groups in total. The molecule has 27 heavy (non-hydrogen) atoms. The van der Waals surface area contributed by atoms with Crippen LogP contribution >= 0.6 is 11.6 Å². The molecule has 0 atom stereocenters. The summed E-state index contributed by atoms with van der Waals surface area (Å²) in [5.41, 5.74) is 2.46. The standard InChI is InChI=1S/C21H22ClN3O2/c1-23(2)20-15(13-18(26)24(3)14-9-6-5-7-10-14)21(27)25(4)17-12-8-11-16(22)19(17)20/h5-12H,13H2,1-4H3. The number of carbonyl (C=O) groups is 1. The molecule has 1 amide bonds. The Balaban J connectivity index is 2.15. The molecule has 0 unspecified atom stereocenters. The Kier molecular flexibility index (Phi) is 5.24. The zero-order valence-corrected chi connectivity index (χ0v) is 16.6. The number of carbonyl (C=O) groups excluding carboxylic acids is 1. The molecule has 140 valence electrons. The van der Waals surface area contributed by atoms with E-state index in [1.165, 1.54) is 0 Å². The topological polar surface area (TPSA) is 45.6 Å². The van der Waals surface area contributed by atoms with Gasteiger partial charge in [0.15, 0.2) is 0 Å². The highest BCUT2D eigenvalue weighted by Crippen LogP contribution is 2.33. The van der Waals surface area contributed by atoms with Gasteiger partial charge < -0.3 is 14.4 Å². The highest BCUT2D eigenvalue weighted by atomic mass is 35.5. The van der Waals surface area contributed by atoms with Gasteiger partial charge in [0.1, 0.15) is 0 Å². The minimum atomic E-state index is -0.191. The van der Waals surface area contributed by atoms with Crippen LogP contribution in [0.2, 0.25) is 5.02 Å². The van der Waals surface area contributed by atoms with E-state index in [1.807, 2.05) is 61.5 Å². The number of halogens is 1. The first-order valence-electron chi connectivity index (χ1n) is 8.62. The Labute approximate surface area is 163 Å². The average molecular weight is 384 g/mol. The molecule has 6 heteroatoms. The van der Waals surface area contributed by atoms with E-state index in [0.29, 0.717) is 16.3 Å². The largest absolute Gasteiger partial charge is 0.377 e. The Bertz CT molecular complexity index is 1060. The van der Waals surface area contributed by atoms with E-state index in [1.54, 1.807) is 29.6 Å². The minimum absolute atomic E-state index is 0.00720. The van der Waals surface area contributed by atoms with Gasteiger partial charge in [-0.05, 0) is 24.3 Å². The van der Waals surface area contributed by atoms with Gasteiger partial charge in [0.25, 0.3) is 5.56 Å². The van der Waals surface area contributed by atoms with Crippen molar-refractivity contribution >= 4 is 39.8 Å². The molecular formula is C21H22ClN3O2. The summed E-state index contributed by atoms with van der Waals surface area (Å²) in [6, 6.07) is 14.8. The summed E-state index contributed by atoms with van der Waals surface area (Å²) < 4.78 is 1.55. The first-order chi connectivity index (χ1) is 12.8. The van der Waals surface area contributed by atoms with E-state index in [-0.39, 0.29) is 17.9 Å². The lowest BCUT2D eigenvalue weighted by Gasteiger charge is -2.23. The Morgan fingerprint density at radius 2 is 1.70 bits per heavy atom. The van der Waals surface area contributed by atoms with E-state index in [9.17, 15) is 9.59 Å². The number of nitrogens with zero attached hydrogens (tertiary/aromatic N) is 3. The Hall–Kier alpha value is -2.79. The summed E-state index contributed by atoms with van der Waals surface area (Å²) >= 11 is 6.46. The molecule has 0 aliphatic heterocycles. The number of fused-ring (bicyclic) bond motifs is 1. The normalized spacial score (nSPS) is 10.9. The van der Waals surface area contributed by atoms with Crippen molar-refractivity contribution in [2.24, 2.45) is 7.05 Å². The Morgan fingerprint density at radius 1 is 1.04 bits per heavy atom. The molecule has 3 rings (SSSR count). The van der Waals surface area contributed by atoms with Crippen LogP contribution < -0.4 is 15.4 Å². The quantitative estimate of drug-likeness (QED) is 0.693. The monoisotopic (exact) mass is 383 g/mol. The fourth-order valence-corrected chi connectivity index (χ4v) is 3.57. The summed E-state index contributed by atoms with van der Waals surface area (Å²) in [5, 5.41) is 1.33. The third-order valence-electron chi connectivity index (χ3n) is 4.73. The lowest BCUT2D eigenvalue weighted by Crippen LogP contribution is -2.33. The van der Waals surface area contributed by atoms with Crippen LogP contribution in [0.15, 0.2) is 53.3 Å². The molecule has 1 heterocycles. The Morgan fingerprint density at radius 3 is 2.33 bits per heavy atom. The first-order valence-corrected chi connectivity index (χ1v) is 8.99. The number of hydrogen-bond acceptors (Lipinski definition) is 3. The van der Waals surface area contributed by atoms with Crippen LogP contribution in [-0.4, -0.2) is 31.6 Å². The lowest BCUT2D eigenvalue weighted by atomic mass is 10.0. The molecule has 0 saturated heterocycles. The van der Waals surface area contributed by atoms with E-state index >= 15 is 0 Å². The van der Waals surface area contributed by atoms with Crippen molar-refractivity contribution in [3.05, 3.63) is 69.5 Å². The van der Waals surface area contributed by atoms with Crippen molar-refractivity contribution in [1.82, 2.24) is 4.57 Å². The fourth-order valence-electron chi connectivity index (χ4n) is 3.31. The zero-order chi connectivity index (χ0) is 19.7. The third kappa shape index (κ3) is 3.43. The van der Waals surface area contributed by atoms with Crippen LogP contribution in [0.25, 0.3) is 10.9 Å². The summed E-state index contributed by atoms with van der Waals surface area (Å²) in [4.78, 5) is 29.3. The lowest BCUT2D eigenvalue weighted by molar-refractivity contribution is -0.117. The van der Waals surface area contributed by atoms with Gasteiger partial charge in [0.2, 0.25) is 5.91 Å². The molecule has 0 aliphatic carbocycles. The second-order valence-electron chi connectivity index (χ2n) is 6.68. The van der Waals surface area contributed by atoms with E-state index in [2.05, 4.69) is 0 Å². The van der Waals surface area contributed by atoms with Crippen LogP contribution in [0.4, 0.5) is 11.4 Å². The number of amides is 1. The molecular weight excluding hydrogens is 362 g/mol. The molecule has 0 bridgehead atoms. The molecule has 2 aromatic carbocycles. The van der Waals surface area contributed by atoms with Gasteiger partial charge in [0, 0.05) is 39.3 Å². The number of para-hydroxylation sites is 1. The van der Waals surface area contributed by atoms with E-state index in [4.69, 9.17) is 11.6 Å². The number of rotatable bonds is 4.